The SMILES string of the molecule is OC(C/C=C/CCCOc1cc(I)c(OCCC/C=C/CC(O)(C(F)(F)F)C(F)(F)F)cc1I)(C(F)(F)F)C(F)(F)F. The molecule has 4 nitrogen and oxygen atoms in total. The van der Waals surface area contributed by atoms with Crippen LogP contribution < -0.4 is 9.47 Å². The van der Waals surface area contributed by atoms with Crippen LogP contribution in [-0.2, 0) is 0 Å². The van der Waals surface area contributed by atoms with Crippen molar-refractivity contribution in [3.8, 4) is 11.5 Å². The second-order valence-electron chi connectivity index (χ2n) is 8.76. The van der Waals surface area contributed by atoms with Crippen LogP contribution in [0.5, 0.6) is 11.5 Å². The summed E-state index contributed by atoms with van der Waals surface area (Å²) in [6.07, 6.45) is -23.0. The van der Waals surface area contributed by atoms with Gasteiger partial charge >= 0.3 is 24.7 Å². The first-order valence-electron chi connectivity index (χ1n) is 11.7. The molecule has 0 bridgehead atoms. The van der Waals surface area contributed by atoms with E-state index in [-0.39, 0.29) is 38.9 Å². The summed E-state index contributed by atoms with van der Waals surface area (Å²) in [6, 6.07) is 3.19. The van der Waals surface area contributed by atoms with Crippen molar-refractivity contribution in [1.82, 2.24) is 0 Å². The highest BCUT2D eigenvalue weighted by atomic mass is 127. The highest BCUT2D eigenvalue weighted by molar-refractivity contribution is 14.1. The number of aliphatic hydroxyl groups is 2. The Labute approximate surface area is 259 Å². The first-order valence-corrected chi connectivity index (χ1v) is 13.9. The first kappa shape index (κ1) is 38.9. The van der Waals surface area contributed by atoms with E-state index in [0.717, 1.165) is 12.2 Å². The zero-order chi connectivity index (χ0) is 32.6. The van der Waals surface area contributed by atoms with E-state index in [1.165, 1.54) is 0 Å². The second kappa shape index (κ2) is 15.2. The maximum absolute atomic E-state index is 12.6. The van der Waals surface area contributed by atoms with Crippen LogP contribution in [0, 0.1) is 7.14 Å². The molecule has 0 heterocycles. The minimum absolute atomic E-state index is 0.0591. The van der Waals surface area contributed by atoms with Crippen LogP contribution in [0.3, 0.4) is 0 Å². The van der Waals surface area contributed by atoms with E-state index in [0.29, 0.717) is 30.8 Å². The van der Waals surface area contributed by atoms with Gasteiger partial charge in [0.25, 0.3) is 11.2 Å². The van der Waals surface area contributed by atoms with E-state index in [1.54, 1.807) is 12.1 Å². The number of ether oxygens (including phenoxy) is 2. The maximum atomic E-state index is 12.6. The van der Waals surface area contributed by atoms with Gasteiger partial charge in [-0.2, -0.15) is 52.7 Å². The van der Waals surface area contributed by atoms with Crippen LogP contribution in [0.25, 0.3) is 0 Å². The molecule has 0 saturated heterocycles. The Bertz CT molecular complexity index is 952. The number of allylic oxidation sites excluding steroid dienone is 2. The zero-order valence-electron chi connectivity index (χ0n) is 21.1. The number of halogens is 14. The number of alkyl halides is 12. The third-order valence-electron chi connectivity index (χ3n) is 5.57. The summed E-state index contributed by atoms with van der Waals surface area (Å²) in [6.45, 7) is 0.118. The zero-order valence-corrected chi connectivity index (χ0v) is 25.4. The fourth-order valence-corrected chi connectivity index (χ4v) is 4.21. The minimum atomic E-state index is -5.90. The van der Waals surface area contributed by atoms with Crippen molar-refractivity contribution in [2.24, 2.45) is 0 Å². The molecule has 0 fully saturated rings. The van der Waals surface area contributed by atoms with Crippen LogP contribution in [0.4, 0.5) is 52.7 Å². The van der Waals surface area contributed by atoms with Crippen molar-refractivity contribution in [3.05, 3.63) is 43.6 Å². The molecular weight excluding hydrogens is 834 g/mol. The largest absolute Gasteiger partial charge is 0.492 e. The van der Waals surface area contributed by atoms with Gasteiger partial charge in [-0.05, 0) is 83.0 Å². The summed E-state index contributed by atoms with van der Waals surface area (Å²) < 4.78 is 164. The Balaban J connectivity index is 2.52. The molecule has 0 aliphatic heterocycles. The Morgan fingerprint density at radius 1 is 0.548 bits per heavy atom. The third kappa shape index (κ3) is 10.5. The van der Waals surface area contributed by atoms with Crippen molar-refractivity contribution in [2.75, 3.05) is 13.2 Å². The molecule has 0 aliphatic carbocycles. The van der Waals surface area contributed by atoms with Gasteiger partial charge in [0.1, 0.15) is 11.5 Å². The molecular formula is C24H24F12I2O4. The lowest BCUT2D eigenvalue weighted by atomic mass is 9.98. The summed E-state index contributed by atoms with van der Waals surface area (Å²) in [5.41, 5.74) is -9.69. The number of rotatable bonds is 14. The lowest BCUT2D eigenvalue weighted by Crippen LogP contribution is -2.56. The fourth-order valence-electron chi connectivity index (χ4n) is 3.03. The molecule has 1 rings (SSSR count). The van der Waals surface area contributed by atoms with Crippen LogP contribution in [0.2, 0.25) is 0 Å². The van der Waals surface area contributed by atoms with Crippen molar-refractivity contribution < 1.29 is 72.4 Å². The average molecular weight is 858 g/mol. The van der Waals surface area contributed by atoms with E-state index in [9.17, 15) is 52.7 Å². The quantitative estimate of drug-likeness (QED) is 0.0851. The van der Waals surface area contributed by atoms with Gasteiger partial charge in [0.05, 0.1) is 20.4 Å². The highest BCUT2D eigenvalue weighted by Gasteiger charge is 2.70. The normalized spacial score (nSPS) is 14.3. The van der Waals surface area contributed by atoms with Crippen LogP contribution in [0.15, 0.2) is 36.4 Å². The van der Waals surface area contributed by atoms with Gasteiger partial charge in [-0.15, -0.1) is 0 Å². The van der Waals surface area contributed by atoms with E-state index in [4.69, 9.17) is 19.7 Å². The van der Waals surface area contributed by atoms with Crippen molar-refractivity contribution in [3.63, 3.8) is 0 Å². The summed E-state index contributed by atoms with van der Waals surface area (Å²) >= 11 is 3.84. The predicted molar refractivity (Wildman–Crippen MR) is 143 cm³/mol. The standard InChI is InChI=1S/C24H24F12I2O4/c25-21(26,27)19(39,22(28,29)30)9-5-1-3-7-11-41-17-13-16(38)18(14-15(17)37)42-12-8-4-2-6-10-20(40,23(31,32)33)24(34,35)36/h1-2,5-6,13-14,39-40H,3-4,7-12H2/b5-1+,6-2+. The number of hydrogen-bond donors (Lipinski definition) is 2. The van der Waals surface area contributed by atoms with Gasteiger partial charge in [-0.25, -0.2) is 0 Å². The highest BCUT2D eigenvalue weighted by Crippen LogP contribution is 2.46. The molecule has 42 heavy (non-hydrogen) atoms. The maximum Gasteiger partial charge on any atom is 0.426 e. The van der Waals surface area contributed by atoms with Crippen molar-refractivity contribution in [1.29, 1.82) is 0 Å². The topological polar surface area (TPSA) is 58.9 Å². The summed E-state index contributed by atoms with van der Waals surface area (Å²) in [5, 5.41) is 18.1. The molecule has 0 saturated carbocycles. The average Bonchev–Trinajstić information content (AvgIpc) is 2.82. The van der Waals surface area contributed by atoms with Gasteiger partial charge in [0.15, 0.2) is 0 Å². The van der Waals surface area contributed by atoms with Gasteiger partial charge < -0.3 is 19.7 Å². The molecule has 0 aliphatic rings. The summed E-state index contributed by atoms with van der Waals surface area (Å²) in [4.78, 5) is 0. The summed E-state index contributed by atoms with van der Waals surface area (Å²) in [7, 11) is 0. The number of benzene rings is 1. The molecule has 2 N–H and O–H groups in total. The lowest BCUT2D eigenvalue weighted by Gasteiger charge is -2.31. The van der Waals surface area contributed by atoms with E-state index < -0.39 is 48.7 Å². The molecule has 1 aromatic carbocycles. The monoisotopic (exact) mass is 858 g/mol. The molecule has 0 unspecified atom stereocenters. The Hall–Kier alpha value is -1.16. The van der Waals surface area contributed by atoms with Crippen molar-refractivity contribution >= 4 is 45.2 Å². The molecule has 0 amide bonds. The lowest BCUT2D eigenvalue weighted by molar-refractivity contribution is -0.367. The van der Waals surface area contributed by atoms with Crippen LogP contribution in [-0.4, -0.2) is 59.3 Å². The van der Waals surface area contributed by atoms with Crippen LogP contribution >= 0.6 is 45.2 Å². The van der Waals surface area contributed by atoms with E-state index >= 15 is 0 Å². The molecule has 0 radical (unpaired) electrons. The van der Waals surface area contributed by atoms with Gasteiger partial charge in [0.2, 0.25) is 0 Å². The van der Waals surface area contributed by atoms with Gasteiger partial charge in [-0.1, -0.05) is 24.3 Å². The van der Waals surface area contributed by atoms with Gasteiger partial charge in [-0.3, -0.25) is 0 Å². The first-order chi connectivity index (χ1) is 19.0. The molecule has 0 spiro atoms. The summed E-state index contributed by atoms with van der Waals surface area (Å²) in [5.74, 6) is 0.814. The predicted octanol–water partition coefficient (Wildman–Crippen LogP) is 8.82. The number of unbranched alkanes of at least 4 members (excludes halogenated alkanes) is 2. The van der Waals surface area contributed by atoms with Crippen molar-refractivity contribution in [2.45, 2.75) is 74.4 Å². The van der Waals surface area contributed by atoms with Gasteiger partial charge in [0, 0.05) is 12.8 Å². The third-order valence-corrected chi connectivity index (χ3v) is 7.25. The smallest absolute Gasteiger partial charge is 0.426 e. The minimum Gasteiger partial charge on any atom is -0.492 e. The molecule has 0 aromatic heterocycles. The van der Waals surface area contributed by atoms with Crippen LogP contribution in [0.1, 0.15) is 38.5 Å². The Morgan fingerprint density at radius 2 is 0.833 bits per heavy atom. The Morgan fingerprint density at radius 3 is 1.10 bits per heavy atom. The fraction of sp³-hybridized carbons (Fsp3) is 0.583. The molecule has 242 valence electrons. The Kier molecular flexibility index (Phi) is 14.1. The second-order valence-corrected chi connectivity index (χ2v) is 11.1. The van der Waals surface area contributed by atoms with E-state index in [1.807, 2.05) is 45.2 Å². The van der Waals surface area contributed by atoms with E-state index in [2.05, 4.69) is 0 Å². The molecule has 18 heteroatoms. The molecule has 0 atom stereocenters. The molecule has 1 aromatic rings. The number of hydrogen-bond acceptors (Lipinski definition) is 4.